The summed E-state index contributed by atoms with van der Waals surface area (Å²) in [6, 6.07) is 7.44. The van der Waals surface area contributed by atoms with Crippen LogP contribution in [0.15, 0.2) is 24.3 Å². The van der Waals surface area contributed by atoms with Gasteiger partial charge >= 0.3 is 0 Å². The van der Waals surface area contributed by atoms with Gasteiger partial charge in [0.2, 0.25) is 0 Å². The number of carbonyl (C=O) groups is 1. The number of thiocarbonyl (C=S) groups is 1. The monoisotopic (exact) mass is 264 g/mol. The summed E-state index contributed by atoms with van der Waals surface area (Å²) >= 11 is 4.85. The summed E-state index contributed by atoms with van der Waals surface area (Å²) in [6.07, 6.45) is 0.571. The molecule has 96 valence electrons. The van der Waals surface area contributed by atoms with E-state index >= 15 is 0 Å². The van der Waals surface area contributed by atoms with Gasteiger partial charge in [0.25, 0.3) is 5.91 Å². The van der Waals surface area contributed by atoms with Gasteiger partial charge in [-0.05, 0) is 17.7 Å². The minimum absolute atomic E-state index is 0.0557. The molecule has 1 aromatic rings. The van der Waals surface area contributed by atoms with Gasteiger partial charge < -0.3 is 15.4 Å². The Morgan fingerprint density at radius 1 is 1.28 bits per heavy atom. The molecule has 0 bridgehead atoms. The maximum Gasteiger partial charge on any atom is 0.254 e. The molecule has 0 saturated carbocycles. The van der Waals surface area contributed by atoms with E-state index < -0.39 is 0 Å². The normalized spacial score (nSPS) is 15.4. The number of nitrogens with two attached hydrogens (primary N) is 1. The molecule has 1 aliphatic heterocycles. The van der Waals surface area contributed by atoms with Gasteiger partial charge in [-0.3, -0.25) is 4.79 Å². The number of hydrogen-bond donors (Lipinski definition) is 1. The third-order valence-electron chi connectivity index (χ3n) is 2.88. The molecule has 0 spiro atoms. The molecule has 0 unspecified atom stereocenters. The van der Waals surface area contributed by atoms with E-state index in [9.17, 15) is 4.79 Å². The summed E-state index contributed by atoms with van der Waals surface area (Å²) in [5.74, 6) is 0.0557. The lowest BCUT2D eigenvalue weighted by atomic mass is 10.1. The summed E-state index contributed by atoms with van der Waals surface area (Å²) in [6.45, 7) is 2.55. The molecule has 2 N–H and O–H groups in total. The van der Waals surface area contributed by atoms with Gasteiger partial charge in [-0.15, -0.1) is 0 Å². The molecule has 0 aromatic heterocycles. The van der Waals surface area contributed by atoms with E-state index in [1.165, 1.54) is 0 Å². The lowest BCUT2D eigenvalue weighted by Crippen LogP contribution is -2.40. The van der Waals surface area contributed by atoms with Gasteiger partial charge in [0.05, 0.1) is 18.2 Å². The zero-order valence-corrected chi connectivity index (χ0v) is 10.9. The second-order valence-electron chi connectivity index (χ2n) is 4.24. The Morgan fingerprint density at radius 3 is 2.44 bits per heavy atom. The van der Waals surface area contributed by atoms with Crippen LogP contribution in [-0.2, 0) is 11.2 Å². The summed E-state index contributed by atoms with van der Waals surface area (Å²) in [7, 11) is 0. The first-order valence-corrected chi connectivity index (χ1v) is 6.32. The van der Waals surface area contributed by atoms with E-state index in [1.54, 1.807) is 0 Å². The third kappa shape index (κ3) is 3.27. The first-order valence-electron chi connectivity index (χ1n) is 5.91. The molecule has 1 saturated heterocycles. The average molecular weight is 264 g/mol. The highest BCUT2D eigenvalue weighted by Gasteiger charge is 2.18. The number of rotatable bonds is 3. The van der Waals surface area contributed by atoms with Crippen LogP contribution in [0.2, 0.25) is 0 Å². The molecule has 1 aromatic carbocycles. The van der Waals surface area contributed by atoms with Gasteiger partial charge in [-0.2, -0.15) is 0 Å². The van der Waals surface area contributed by atoms with Crippen molar-refractivity contribution in [3.63, 3.8) is 0 Å². The van der Waals surface area contributed by atoms with Crippen LogP contribution in [0.1, 0.15) is 15.9 Å². The quantitative estimate of drug-likeness (QED) is 0.827. The summed E-state index contributed by atoms with van der Waals surface area (Å²) in [5.41, 5.74) is 7.21. The van der Waals surface area contributed by atoms with E-state index in [0.29, 0.717) is 43.3 Å². The zero-order chi connectivity index (χ0) is 13.0. The Hall–Kier alpha value is -1.46. The van der Waals surface area contributed by atoms with Gasteiger partial charge in [0, 0.05) is 25.1 Å². The smallest absolute Gasteiger partial charge is 0.254 e. The van der Waals surface area contributed by atoms with Crippen molar-refractivity contribution < 1.29 is 9.53 Å². The van der Waals surface area contributed by atoms with Crippen molar-refractivity contribution in [2.75, 3.05) is 26.3 Å². The van der Waals surface area contributed by atoms with Crippen LogP contribution in [0.4, 0.5) is 0 Å². The number of amides is 1. The molecule has 1 aliphatic rings. The van der Waals surface area contributed by atoms with Crippen LogP contribution >= 0.6 is 12.2 Å². The van der Waals surface area contributed by atoms with Crippen molar-refractivity contribution >= 4 is 23.1 Å². The number of hydrogen-bond acceptors (Lipinski definition) is 3. The summed E-state index contributed by atoms with van der Waals surface area (Å²) < 4.78 is 5.23. The highest BCUT2D eigenvalue weighted by atomic mass is 32.1. The average Bonchev–Trinajstić information content (AvgIpc) is 2.39. The fraction of sp³-hybridized carbons (Fsp3) is 0.385. The highest BCUT2D eigenvalue weighted by Crippen LogP contribution is 2.10. The van der Waals surface area contributed by atoms with E-state index in [-0.39, 0.29) is 5.91 Å². The van der Waals surface area contributed by atoms with Crippen LogP contribution in [0.25, 0.3) is 0 Å². The number of carbonyl (C=O) groups excluding carboxylic acids is 1. The molecule has 0 atom stereocenters. The van der Waals surface area contributed by atoms with Crippen molar-refractivity contribution in [3.05, 3.63) is 35.4 Å². The minimum atomic E-state index is 0.0557. The molecule has 1 amide bonds. The van der Waals surface area contributed by atoms with Crippen LogP contribution < -0.4 is 5.73 Å². The van der Waals surface area contributed by atoms with Crippen molar-refractivity contribution in [1.82, 2.24) is 4.90 Å². The first kappa shape index (κ1) is 13.0. The SMILES string of the molecule is NC(=S)Cc1ccc(C(=O)N2CCOCC2)cc1. The predicted octanol–water partition coefficient (Wildman–Crippen LogP) is 0.988. The maximum absolute atomic E-state index is 12.2. The van der Waals surface area contributed by atoms with E-state index in [2.05, 4.69) is 0 Å². The fourth-order valence-electron chi connectivity index (χ4n) is 1.92. The Balaban J connectivity index is 2.04. The zero-order valence-electron chi connectivity index (χ0n) is 10.1. The van der Waals surface area contributed by atoms with Crippen molar-refractivity contribution in [2.45, 2.75) is 6.42 Å². The van der Waals surface area contributed by atoms with Crippen molar-refractivity contribution in [3.8, 4) is 0 Å². The minimum Gasteiger partial charge on any atom is -0.393 e. The molecule has 18 heavy (non-hydrogen) atoms. The molecular formula is C13H16N2O2S. The summed E-state index contributed by atoms with van der Waals surface area (Å²) in [4.78, 5) is 14.4. The molecule has 4 nitrogen and oxygen atoms in total. The molecule has 2 rings (SSSR count). The number of ether oxygens (including phenoxy) is 1. The topological polar surface area (TPSA) is 55.6 Å². The fourth-order valence-corrected chi connectivity index (χ4v) is 2.08. The predicted molar refractivity (Wildman–Crippen MR) is 73.7 cm³/mol. The van der Waals surface area contributed by atoms with Gasteiger partial charge in [0.1, 0.15) is 0 Å². The molecule has 0 radical (unpaired) electrons. The first-order chi connectivity index (χ1) is 8.66. The molecule has 1 heterocycles. The maximum atomic E-state index is 12.2. The Labute approximate surface area is 112 Å². The lowest BCUT2D eigenvalue weighted by Gasteiger charge is -2.26. The molecule has 1 fully saturated rings. The Morgan fingerprint density at radius 2 is 1.89 bits per heavy atom. The lowest BCUT2D eigenvalue weighted by molar-refractivity contribution is 0.0303. The Kier molecular flexibility index (Phi) is 4.28. The van der Waals surface area contributed by atoms with E-state index in [0.717, 1.165) is 5.56 Å². The second-order valence-corrected chi connectivity index (χ2v) is 4.77. The summed E-state index contributed by atoms with van der Waals surface area (Å²) in [5, 5.41) is 0. The second kappa shape index (κ2) is 5.93. The number of morpholine rings is 1. The standard InChI is InChI=1S/C13H16N2O2S/c14-12(18)9-10-1-3-11(4-2-10)13(16)15-5-7-17-8-6-15/h1-4H,5-9H2,(H2,14,18). The number of nitrogens with zero attached hydrogens (tertiary/aromatic N) is 1. The molecule has 0 aliphatic carbocycles. The van der Waals surface area contributed by atoms with E-state index in [4.69, 9.17) is 22.7 Å². The Bertz CT molecular complexity index is 439. The molecule has 5 heteroatoms. The largest absolute Gasteiger partial charge is 0.393 e. The van der Waals surface area contributed by atoms with Gasteiger partial charge in [0.15, 0.2) is 0 Å². The van der Waals surface area contributed by atoms with Crippen LogP contribution in [0.3, 0.4) is 0 Å². The van der Waals surface area contributed by atoms with Gasteiger partial charge in [-0.25, -0.2) is 0 Å². The van der Waals surface area contributed by atoms with Crippen molar-refractivity contribution in [2.24, 2.45) is 5.73 Å². The highest BCUT2D eigenvalue weighted by molar-refractivity contribution is 7.80. The van der Waals surface area contributed by atoms with Crippen LogP contribution in [0, 0.1) is 0 Å². The van der Waals surface area contributed by atoms with Gasteiger partial charge in [-0.1, -0.05) is 24.4 Å². The molecular weight excluding hydrogens is 248 g/mol. The van der Waals surface area contributed by atoms with Crippen LogP contribution in [0.5, 0.6) is 0 Å². The van der Waals surface area contributed by atoms with Crippen molar-refractivity contribution in [1.29, 1.82) is 0 Å². The van der Waals surface area contributed by atoms with Crippen LogP contribution in [-0.4, -0.2) is 42.1 Å². The number of benzene rings is 1. The van der Waals surface area contributed by atoms with E-state index in [1.807, 2.05) is 29.2 Å². The third-order valence-corrected chi connectivity index (χ3v) is 3.02.